The number of methoxy groups -OCH3 is 1. The quantitative estimate of drug-likeness (QED) is 0.437. The topological polar surface area (TPSA) is 54.4 Å². The number of benzene rings is 3. The van der Waals surface area contributed by atoms with Crippen LogP contribution in [0.3, 0.4) is 0 Å². The van der Waals surface area contributed by atoms with Crippen molar-refractivity contribution in [2.75, 3.05) is 18.6 Å². The molecule has 7 heteroatoms. The first-order valence-corrected chi connectivity index (χ1v) is 11.9. The summed E-state index contributed by atoms with van der Waals surface area (Å²) in [7, 11) is 1.65. The van der Waals surface area contributed by atoms with E-state index in [4.69, 9.17) is 14.6 Å². The Balaban J connectivity index is 1.55. The second kappa shape index (κ2) is 7.74. The molecule has 0 aliphatic carbocycles. The van der Waals surface area contributed by atoms with Crippen LogP contribution in [-0.2, 0) is 10.5 Å². The standard InChI is InChI=1S/C27H22BrN3O3/c1-3-14-30-23-7-5-4-6-21(23)27(26(30)32)31-24(20-15-18(28)10-13-25(20)34-27)16-22(29-31)17-8-11-19(33-2)12-9-17/h3-13,15,24H,1,14,16H2,2H3. The van der Waals surface area contributed by atoms with E-state index in [9.17, 15) is 4.79 Å². The third-order valence-electron chi connectivity index (χ3n) is 6.65. The molecule has 3 aromatic carbocycles. The minimum atomic E-state index is -1.38. The number of carbonyl (C=O) groups is 1. The molecule has 1 amide bonds. The predicted octanol–water partition coefficient (Wildman–Crippen LogP) is 5.39. The monoisotopic (exact) mass is 515 g/mol. The maximum atomic E-state index is 14.1. The minimum absolute atomic E-state index is 0.154. The zero-order chi connectivity index (χ0) is 23.4. The molecule has 0 radical (unpaired) electrons. The van der Waals surface area contributed by atoms with Crippen molar-refractivity contribution >= 4 is 33.2 Å². The van der Waals surface area contributed by atoms with Gasteiger partial charge in [-0.3, -0.25) is 4.79 Å². The Labute approximate surface area is 206 Å². The van der Waals surface area contributed by atoms with Gasteiger partial charge >= 0.3 is 5.72 Å². The van der Waals surface area contributed by atoms with Gasteiger partial charge in [0.25, 0.3) is 5.91 Å². The zero-order valence-corrected chi connectivity index (χ0v) is 20.2. The van der Waals surface area contributed by atoms with Crippen LogP contribution in [0.25, 0.3) is 0 Å². The summed E-state index contributed by atoms with van der Waals surface area (Å²) in [5.41, 5.74) is 3.12. The van der Waals surface area contributed by atoms with Crippen LogP contribution in [0.2, 0.25) is 0 Å². The van der Waals surface area contributed by atoms with Crippen LogP contribution in [0.15, 0.2) is 89.0 Å². The molecule has 0 saturated heterocycles. The molecule has 3 aromatic rings. The van der Waals surface area contributed by atoms with Crippen molar-refractivity contribution in [3.05, 3.63) is 101 Å². The molecule has 0 N–H and O–H groups in total. The molecule has 3 aliphatic rings. The summed E-state index contributed by atoms with van der Waals surface area (Å²) in [4.78, 5) is 15.8. The van der Waals surface area contributed by atoms with Gasteiger partial charge in [0.05, 0.1) is 30.1 Å². The van der Waals surface area contributed by atoms with Crippen molar-refractivity contribution in [3.63, 3.8) is 0 Å². The number of nitrogens with zero attached hydrogens (tertiary/aromatic N) is 3. The van der Waals surface area contributed by atoms with Crippen molar-refractivity contribution in [1.29, 1.82) is 0 Å². The Hall–Kier alpha value is -3.58. The van der Waals surface area contributed by atoms with E-state index >= 15 is 0 Å². The van der Waals surface area contributed by atoms with Gasteiger partial charge in [0.15, 0.2) is 0 Å². The Bertz CT molecular complexity index is 1350. The molecular weight excluding hydrogens is 494 g/mol. The molecule has 0 saturated carbocycles. The SMILES string of the molecule is C=CCN1C(=O)C2(Oc3ccc(Br)cc3C3CC(c4ccc(OC)cc4)=NN32)c2ccccc21. The fraction of sp³-hybridized carbons (Fsp3) is 0.185. The van der Waals surface area contributed by atoms with Crippen molar-refractivity contribution in [2.24, 2.45) is 5.10 Å². The number of hydrogen-bond donors (Lipinski definition) is 0. The van der Waals surface area contributed by atoms with Crippen LogP contribution in [0.1, 0.15) is 29.2 Å². The lowest BCUT2D eigenvalue weighted by molar-refractivity contribution is -0.163. The summed E-state index contributed by atoms with van der Waals surface area (Å²) in [5.74, 6) is 1.32. The maximum Gasteiger partial charge on any atom is 0.306 e. The molecule has 0 aromatic heterocycles. The number of anilines is 1. The summed E-state index contributed by atoms with van der Waals surface area (Å²) < 4.78 is 12.9. The van der Waals surface area contributed by atoms with Crippen molar-refractivity contribution < 1.29 is 14.3 Å². The first-order chi connectivity index (χ1) is 16.6. The smallest absolute Gasteiger partial charge is 0.306 e. The minimum Gasteiger partial charge on any atom is -0.497 e. The third kappa shape index (κ3) is 2.86. The van der Waals surface area contributed by atoms with E-state index in [-0.39, 0.29) is 11.9 Å². The van der Waals surface area contributed by atoms with Gasteiger partial charge in [-0.2, -0.15) is 5.10 Å². The molecule has 3 heterocycles. The predicted molar refractivity (Wildman–Crippen MR) is 134 cm³/mol. The molecule has 0 bridgehead atoms. The van der Waals surface area contributed by atoms with Gasteiger partial charge < -0.3 is 14.4 Å². The Morgan fingerprint density at radius 3 is 2.76 bits per heavy atom. The summed E-state index contributed by atoms with van der Waals surface area (Å²) in [6.45, 7) is 4.24. The van der Waals surface area contributed by atoms with Crippen LogP contribution in [0, 0.1) is 0 Å². The van der Waals surface area contributed by atoms with Crippen molar-refractivity contribution in [2.45, 2.75) is 18.2 Å². The Morgan fingerprint density at radius 1 is 1.21 bits per heavy atom. The van der Waals surface area contributed by atoms with E-state index < -0.39 is 5.72 Å². The number of hydrazone groups is 1. The first-order valence-electron chi connectivity index (χ1n) is 11.1. The number of hydrogen-bond acceptors (Lipinski definition) is 5. The van der Waals surface area contributed by atoms with Crippen molar-refractivity contribution in [3.8, 4) is 11.5 Å². The lowest BCUT2D eigenvalue weighted by atomic mass is 9.92. The van der Waals surface area contributed by atoms with E-state index in [1.54, 1.807) is 18.1 Å². The summed E-state index contributed by atoms with van der Waals surface area (Å²) in [6, 6.07) is 21.4. The third-order valence-corrected chi connectivity index (χ3v) is 7.14. The highest BCUT2D eigenvalue weighted by Gasteiger charge is 2.63. The number of amides is 1. The molecule has 34 heavy (non-hydrogen) atoms. The van der Waals surface area contributed by atoms with Crippen LogP contribution < -0.4 is 14.4 Å². The molecule has 1 spiro atoms. The highest BCUT2D eigenvalue weighted by molar-refractivity contribution is 9.10. The van der Waals surface area contributed by atoms with Gasteiger partial charge in [0.1, 0.15) is 11.5 Å². The highest BCUT2D eigenvalue weighted by Crippen LogP contribution is 2.55. The molecular formula is C27H22BrN3O3. The second-order valence-electron chi connectivity index (χ2n) is 8.49. The van der Waals surface area contributed by atoms with Crippen LogP contribution in [0.5, 0.6) is 11.5 Å². The van der Waals surface area contributed by atoms with Crippen LogP contribution in [0.4, 0.5) is 5.69 Å². The fourth-order valence-corrected chi connectivity index (χ4v) is 5.49. The summed E-state index contributed by atoms with van der Waals surface area (Å²) in [5, 5.41) is 6.91. The molecule has 2 unspecified atom stereocenters. The Kier molecular flexibility index (Phi) is 4.78. The summed E-state index contributed by atoms with van der Waals surface area (Å²) >= 11 is 3.59. The molecule has 3 aliphatic heterocycles. The van der Waals surface area contributed by atoms with E-state index in [0.29, 0.717) is 18.7 Å². The lowest BCUT2D eigenvalue weighted by Crippen LogP contribution is -2.57. The maximum absolute atomic E-state index is 14.1. The molecule has 2 atom stereocenters. The van der Waals surface area contributed by atoms with Crippen LogP contribution in [-0.4, -0.2) is 30.3 Å². The van der Waals surface area contributed by atoms with Gasteiger partial charge in [0.2, 0.25) is 0 Å². The number of ether oxygens (including phenoxy) is 2. The molecule has 6 rings (SSSR count). The lowest BCUT2D eigenvalue weighted by Gasteiger charge is -2.44. The Morgan fingerprint density at radius 2 is 2.00 bits per heavy atom. The average molecular weight is 516 g/mol. The highest BCUT2D eigenvalue weighted by atomic mass is 79.9. The van der Waals surface area contributed by atoms with Gasteiger partial charge in [-0.1, -0.05) is 40.2 Å². The molecule has 170 valence electrons. The normalized spacial score (nSPS) is 22.1. The largest absolute Gasteiger partial charge is 0.497 e. The number of para-hydroxylation sites is 1. The molecule has 6 nitrogen and oxygen atoms in total. The average Bonchev–Trinajstić information content (AvgIpc) is 3.41. The number of halogens is 1. The zero-order valence-electron chi connectivity index (χ0n) is 18.6. The molecule has 0 fully saturated rings. The van der Waals surface area contributed by atoms with Gasteiger partial charge in [-0.15, -0.1) is 6.58 Å². The second-order valence-corrected chi connectivity index (χ2v) is 9.41. The number of carbonyl (C=O) groups excluding carboxylic acids is 1. The van der Waals surface area contributed by atoms with E-state index in [0.717, 1.165) is 38.3 Å². The van der Waals surface area contributed by atoms with E-state index in [1.165, 1.54) is 0 Å². The number of rotatable bonds is 4. The van der Waals surface area contributed by atoms with Crippen LogP contribution >= 0.6 is 15.9 Å². The first kappa shape index (κ1) is 21.0. The number of fused-ring (bicyclic) bond motifs is 6. The van der Waals surface area contributed by atoms with E-state index in [1.807, 2.05) is 65.7 Å². The van der Waals surface area contributed by atoms with Gasteiger partial charge in [0, 0.05) is 23.0 Å². The van der Waals surface area contributed by atoms with Crippen molar-refractivity contribution in [1.82, 2.24) is 5.01 Å². The fourth-order valence-electron chi connectivity index (χ4n) is 5.11. The van der Waals surface area contributed by atoms with Gasteiger partial charge in [-0.05, 0) is 54.1 Å². The summed E-state index contributed by atoms with van der Waals surface area (Å²) in [6.07, 6.45) is 2.38. The van der Waals surface area contributed by atoms with E-state index in [2.05, 4.69) is 28.6 Å². The van der Waals surface area contributed by atoms with Gasteiger partial charge in [-0.25, -0.2) is 5.01 Å².